The predicted octanol–water partition coefficient (Wildman–Crippen LogP) is 19.7. The first-order chi connectivity index (χ1) is 42.5. The molecule has 0 aromatic rings. The molecule has 0 rings (SSSR count). The van der Waals surface area contributed by atoms with E-state index in [4.69, 9.17) is 37.0 Å². The lowest BCUT2D eigenvalue weighted by Gasteiger charge is -2.21. The van der Waals surface area contributed by atoms with Gasteiger partial charge in [0.25, 0.3) is 0 Å². The molecule has 0 radical (unpaired) electrons. The van der Waals surface area contributed by atoms with E-state index in [2.05, 4.69) is 34.6 Å². The molecule has 2 unspecified atom stereocenters. The maximum Gasteiger partial charge on any atom is 0.472 e. The van der Waals surface area contributed by atoms with Crippen molar-refractivity contribution in [1.29, 1.82) is 0 Å². The fraction of sp³-hybridized carbons (Fsp3) is 0.942. The summed E-state index contributed by atoms with van der Waals surface area (Å²) >= 11 is 0. The molecule has 522 valence electrons. The van der Waals surface area contributed by atoms with E-state index in [9.17, 15) is 43.2 Å². The van der Waals surface area contributed by atoms with Crippen molar-refractivity contribution in [3.8, 4) is 0 Å². The van der Waals surface area contributed by atoms with Crippen LogP contribution < -0.4 is 0 Å². The van der Waals surface area contributed by atoms with E-state index >= 15 is 0 Å². The Kier molecular flexibility index (Phi) is 61.1. The molecule has 0 saturated heterocycles. The zero-order valence-corrected chi connectivity index (χ0v) is 58.6. The molecule has 19 heteroatoms. The van der Waals surface area contributed by atoms with Crippen LogP contribution >= 0.6 is 15.6 Å². The van der Waals surface area contributed by atoms with Crippen LogP contribution in [0, 0.1) is 5.92 Å². The minimum Gasteiger partial charge on any atom is -0.462 e. The van der Waals surface area contributed by atoms with Crippen LogP contribution in [-0.2, 0) is 65.4 Å². The summed E-state index contributed by atoms with van der Waals surface area (Å²) in [5.41, 5.74) is 0. The Morgan fingerprint density at radius 3 is 0.773 bits per heavy atom. The van der Waals surface area contributed by atoms with Crippen molar-refractivity contribution in [1.82, 2.24) is 0 Å². The van der Waals surface area contributed by atoms with Crippen molar-refractivity contribution in [3.05, 3.63) is 0 Å². The zero-order chi connectivity index (χ0) is 64.9. The van der Waals surface area contributed by atoms with Gasteiger partial charge in [-0.15, -0.1) is 0 Å². The third kappa shape index (κ3) is 62.8. The zero-order valence-electron chi connectivity index (χ0n) is 56.9. The van der Waals surface area contributed by atoms with Crippen molar-refractivity contribution < 1.29 is 80.2 Å². The molecule has 0 aliphatic rings. The number of aliphatic hydroxyl groups is 1. The van der Waals surface area contributed by atoms with Crippen LogP contribution in [0.2, 0.25) is 0 Å². The van der Waals surface area contributed by atoms with Gasteiger partial charge >= 0.3 is 39.5 Å². The Hall–Kier alpha value is -1.94. The molecular formula is C69H134O17P2. The largest absolute Gasteiger partial charge is 0.472 e. The molecule has 3 N–H and O–H groups in total. The summed E-state index contributed by atoms with van der Waals surface area (Å²) in [7, 11) is -9.89. The maximum absolute atomic E-state index is 13.0. The molecule has 88 heavy (non-hydrogen) atoms. The van der Waals surface area contributed by atoms with Gasteiger partial charge in [-0.1, -0.05) is 304 Å². The van der Waals surface area contributed by atoms with Crippen LogP contribution in [-0.4, -0.2) is 96.7 Å². The highest BCUT2D eigenvalue weighted by Crippen LogP contribution is 2.45. The molecule has 0 spiro atoms. The molecule has 0 aliphatic heterocycles. The fourth-order valence-corrected chi connectivity index (χ4v) is 12.0. The van der Waals surface area contributed by atoms with Crippen molar-refractivity contribution in [2.45, 2.75) is 374 Å². The van der Waals surface area contributed by atoms with Gasteiger partial charge in [0, 0.05) is 25.7 Å². The number of hydrogen-bond acceptors (Lipinski definition) is 15. The van der Waals surface area contributed by atoms with Crippen LogP contribution in [0.4, 0.5) is 0 Å². The fourth-order valence-electron chi connectivity index (χ4n) is 10.5. The van der Waals surface area contributed by atoms with E-state index in [-0.39, 0.29) is 25.7 Å². The Morgan fingerprint density at radius 2 is 0.523 bits per heavy atom. The topological polar surface area (TPSA) is 237 Å². The molecule has 0 bridgehead atoms. The van der Waals surface area contributed by atoms with Crippen LogP contribution in [0.3, 0.4) is 0 Å². The van der Waals surface area contributed by atoms with Crippen molar-refractivity contribution in [3.63, 3.8) is 0 Å². The normalized spacial score (nSPS) is 14.1. The first-order valence-corrected chi connectivity index (χ1v) is 39.1. The summed E-state index contributed by atoms with van der Waals surface area (Å²) in [6.45, 7) is 7.15. The second kappa shape index (κ2) is 62.5. The van der Waals surface area contributed by atoms with E-state index in [1.54, 1.807) is 0 Å². The van der Waals surface area contributed by atoms with Crippen LogP contribution in [0.15, 0.2) is 0 Å². The number of carbonyl (C=O) groups excluding carboxylic acids is 4. The minimum atomic E-state index is -4.95. The summed E-state index contributed by atoms with van der Waals surface area (Å²) in [5.74, 6) is -1.43. The van der Waals surface area contributed by atoms with Gasteiger partial charge in [0.2, 0.25) is 0 Å². The van der Waals surface area contributed by atoms with Crippen LogP contribution in [0.5, 0.6) is 0 Å². The quantitative estimate of drug-likeness (QED) is 0.0222. The number of unbranched alkanes of at least 4 members (excludes halogenated alkanes) is 41. The number of rotatable bonds is 69. The summed E-state index contributed by atoms with van der Waals surface area (Å²) in [6, 6.07) is 0. The minimum absolute atomic E-state index is 0.104. The number of esters is 4. The van der Waals surface area contributed by atoms with Gasteiger partial charge in [-0.05, 0) is 31.6 Å². The Morgan fingerprint density at radius 1 is 0.307 bits per heavy atom. The van der Waals surface area contributed by atoms with E-state index in [1.807, 2.05) is 0 Å². The van der Waals surface area contributed by atoms with Gasteiger partial charge in [0.05, 0.1) is 26.4 Å². The molecule has 17 nitrogen and oxygen atoms in total. The average Bonchev–Trinajstić information content (AvgIpc) is 3.52. The number of aliphatic hydroxyl groups excluding tert-OH is 1. The molecular weight excluding hydrogens is 1160 g/mol. The van der Waals surface area contributed by atoms with E-state index in [0.29, 0.717) is 31.6 Å². The van der Waals surface area contributed by atoms with E-state index in [1.165, 1.54) is 173 Å². The lowest BCUT2D eigenvalue weighted by Crippen LogP contribution is -2.30. The molecule has 0 aromatic heterocycles. The molecule has 0 fully saturated rings. The molecule has 0 aromatic carbocycles. The number of ether oxygens (including phenoxy) is 4. The highest BCUT2D eigenvalue weighted by molar-refractivity contribution is 7.47. The van der Waals surface area contributed by atoms with Crippen molar-refractivity contribution in [2.24, 2.45) is 5.92 Å². The number of phosphoric acid groups is 2. The summed E-state index contributed by atoms with van der Waals surface area (Å²) < 4.78 is 68.2. The smallest absolute Gasteiger partial charge is 0.462 e. The second-order valence-electron chi connectivity index (χ2n) is 25.4. The van der Waals surface area contributed by atoms with Gasteiger partial charge in [0.15, 0.2) is 12.2 Å². The molecule has 0 saturated carbocycles. The number of hydrogen-bond donors (Lipinski definition) is 3. The predicted molar refractivity (Wildman–Crippen MR) is 354 cm³/mol. The summed E-state index contributed by atoms with van der Waals surface area (Å²) in [5, 5.41) is 10.6. The standard InChI is InChI=1S/C69H134O17P2/c1-6-9-12-15-18-21-23-25-27-29-31-33-38-43-48-53-67(72)80-59-64(85-68(73)54-49-44-39-34-32-30-28-26-24-22-19-16-13-10-7-2)60-83-87(75,76)81-56-63(70)57-82-88(77,78)84-61-65(58-79-66(71)52-47-42-37-20-17-14-11-8-3)86-69(74)55-50-45-40-35-36-41-46-51-62(4)5/h62-65,70H,6-61H2,1-5H3,(H,75,76)(H,77,78)/t63-,64-,65-/m1/s1. The number of carbonyl (C=O) groups is 4. The Labute approximate surface area is 537 Å². The van der Waals surface area contributed by atoms with Crippen molar-refractivity contribution in [2.75, 3.05) is 39.6 Å². The third-order valence-electron chi connectivity index (χ3n) is 16.0. The molecule has 0 aliphatic carbocycles. The van der Waals surface area contributed by atoms with Gasteiger partial charge in [-0.2, -0.15) is 0 Å². The first-order valence-electron chi connectivity index (χ1n) is 36.1. The van der Waals surface area contributed by atoms with Gasteiger partial charge < -0.3 is 33.8 Å². The second-order valence-corrected chi connectivity index (χ2v) is 28.3. The third-order valence-corrected chi connectivity index (χ3v) is 17.9. The monoisotopic (exact) mass is 1300 g/mol. The van der Waals surface area contributed by atoms with Gasteiger partial charge in [-0.25, -0.2) is 9.13 Å². The Balaban J connectivity index is 5.21. The summed E-state index contributed by atoms with van der Waals surface area (Å²) in [6.07, 6.45) is 48.7. The lowest BCUT2D eigenvalue weighted by molar-refractivity contribution is -0.161. The Bertz CT molecular complexity index is 1700. The highest BCUT2D eigenvalue weighted by atomic mass is 31.2. The molecule has 5 atom stereocenters. The van der Waals surface area contributed by atoms with E-state index < -0.39 is 97.5 Å². The summed E-state index contributed by atoms with van der Waals surface area (Å²) in [4.78, 5) is 72.4. The highest BCUT2D eigenvalue weighted by Gasteiger charge is 2.30. The SMILES string of the molecule is CCCCCCCCCCCCCCCCCC(=O)OC[C@H](COP(=O)(O)OC[C@@H](O)COP(=O)(O)OC[C@@H](COC(=O)CCCCCCCCCC)OC(=O)CCCCCCCCCC(C)C)OC(=O)CCCCCCCCCCCCCCCCC. The lowest BCUT2D eigenvalue weighted by atomic mass is 10.0. The first kappa shape index (κ1) is 86.1. The van der Waals surface area contributed by atoms with Crippen LogP contribution in [0.25, 0.3) is 0 Å². The average molecular weight is 1300 g/mol. The molecule has 0 heterocycles. The van der Waals surface area contributed by atoms with Crippen molar-refractivity contribution >= 4 is 39.5 Å². The number of phosphoric ester groups is 2. The maximum atomic E-state index is 13.0. The van der Waals surface area contributed by atoms with E-state index in [0.717, 1.165) is 96.3 Å². The molecule has 0 amide bonds. The van der Waals surface area contributed by atoms with Gasteiger partial charge in [0.1, 0.15) is 19.3 Å². The van der Waals surface area contributed by atoms with Crippen LogP contribution in [0.1, 0.15) is 356 Å². The van der Waals surface area contributed by atoms with Gasteiger partial charge in [-0.3, -0.25) is 37.3 Å².